The van der Waals surface area contributed by atoms with Crippen LogP contribution in [0.1, 0.15) is 31.2 Å². The van der Waals surface area contributed by atoms with Crippen LogP contribution >= 0.6 is 11.3 Å². The van der Waals surface area contributed by atoms with Crippen LogP contribution in [0.3, 0.4) is 0 Å². The molecule has 0 aliphatic heterocycles. The third-order valence-corrected chi connectivity index (χ3v) is 3.69. The highest BCUT2D eigenvalue weighted by Gasteiger charge is 2.43. The molecule has 1 heterocycles. The molecular formula is C9H14N2S. The van der Waals surface area contributed by atoms with Crippen LogP contribution in [-0.4, -0.2) is 4.98 Å². The molecule has 1 aliphatic carbocycles. The summed E-state index contributed by atoms with van der Waals surface area (Å²) in [5.41, 5.74) is 6.20. The van der Waals surface area contributed by atoms with E-state index in [2.05, 4.69) is 11.9 Å². The Morgan fingerprint density at radius 3 is 2.92 bits per heavy atom. The van der Waals surface area contributed by atoms with Crippen molar-refractivity contribution in [2.45, 2.75) is 31.7 Å². The zero-order chi connectivity index (χ0) is 8.60. The average Bonchev–Trinajstić information content (AvgIpc) is 2.80. The first kappa shape index (κ1) is 8.20. The van der Waals surface area contributed by atoms with Crippen molar-refractivity contribution in [1.29, 1.82) is 0 Å². The molecule has 0 saturated heterocycles. The Hall–Kier alpha value is -0.410. The van der Waals surface area contributed by atoms with E-state index in [-0.39, 0.29) is 5.54 Å². The van der Waals surface area contributed by atoms with E-state index in [1.807, 2.05) is 11.6 Å². The molecular weight excluding hydrogens is 168 g/mol. The maximum atomic E-state index is 6.32. The van der Waals surface area contributed by atoms with E-state index in [4.69, 9.17) is 5.73 Å². The molecule has 2 N–H and O–H groups in total. The van der Waals surface area contributed by atoms with Crippen molar-refractivity contribution in [2.75, 3.05) is 0 Å². The molecule has 1 unspecified atom stereocenters. The summed E-state index contributed by atoms with van der Waals surface area (Å²) in [7, 11) is 0. The number of nitrogens with zero attached hydrogens (tertiary/aromatic N) is 1. The number of hydrogen-bond acceptors (Lipinski definition) is 3. The second-order valence-electron chi connectivity index (χ2n) is 3.51. The van der Waals surface area contributed by atoms with Crippen LogP contribution in [-0.2, 0) is 5.54 Å². The largest absolute Gasteiger partial charge is 0.319 e. The van der Waals surface area contributed by atoms with E-state index in [9.17, 15) is 0 Å². The predicted molar refractivity (Wildman–Crippen MR) is 51.0 cm³/mol. The van der Waals surface area contributed by atoms with E-state index in [1.54, 1.807) is 11.3 Å². The van der Waals surface area contributed by atoms with Gasteiger partial charge in [0.25, 0.3) is 0 Å². The summed E-state index contributed by atoms with van der Waals surface area (Å²) in [4.78, 5) is 4.31. The quantitative estimate of drug-likeness (QED) is 0.777. The van der Waals surface area contributed by atoms with Gasteiger partial charge in [0.15, 0.2) is 0 Å². The summed E-state index contributed by atoms with van der Waals surface area (Å²) in [6, 6.07) is 0. The van der Waals surface area contributed by atoms with Crippen molar-refractivity contribution in [1.82, 2.24) is 4.98 Å². The standard InChI is InChI=1S/C9H14N2S/c1-2-9(10,7-3-4-7)8-11-5-6-12-8/h5-7H,2-4,10H2,1H3. The van der Waals surface area contributed by atoms with Gasteiger partial charge in [-0.25, -0.2) is 4.98 Å². The Morgan fingerprint density at radius 1 is 1.75 bits per heavy atom. The highest BCUT2D eigenvalue weighted by atomic mass is 32.1. The lowest BCUT2D eigenvalue weighted by atomic mass is 9.92. The zero-order valence-electron chi connectivity index (χ0n) is 7.29. The average molecular weight is 182 g/mol. The summed E-state index contributed by atoms with van der Waals surface area (Å²) >= 11 is 1.69. The van der Waals surface area contributed by atoms with Crippen LogP contribution in [0.15, 0.2) is 11.6 Å². The molecule has 3 heteroatoms. The van der Waals surface area contributed by atoms with Gasteiger partial charge in [0.1, 0.15) is 5.01 Å². The van der Waals surface area contributed by atoms with Gasteiger partial charge < -0.3 is 5.73 Å². The first-order valence-corrected chi connectivity index (χ1v) is 5.34. The molecule has 1 aliphatic rings. The van der Waals surface area contributed by atoms with Gasteiger partial charge in [0, 0.05) is 11.6 Å². The van der Waals surface area contributed by atoms with E-state index in [0.717, 1.165) is 11.4 Å². The van der Waals surface area contributed by atoms with Crippen LogP contribution in [0.2, 0.25) is 0 Å². The van der Waals surface area contributed by atoms with Crippen molar-refractivity contribution in [3.8, 4) is 0 Å². The number of aromatic nitrogens is 1. The normalized spacial score (nSPS) is 22.2. The second kappa shape index (κ2) is 2.82. The Balaban J connectivity index is 2.27. The van der Waals surface area contributed by atoms with Gasteiger partial charge in [-0.05, 0) is 25.2 Å². The fraction of sp³-hybridized carbons (Fsp3) is 0.667. The van der Waals surface area contributed by atoms with E-state index < -0.39 is 0 Å². The van der Waals surface area contributed by atoms with Crippen molar-refractivity contribution >= 4 is 11.3 Å². The van der Waals surface area contributed by atoms with E-state index >= 15 is 0 Å². The minimum atomic E-state index is -0.117. The van der Waals surface area contributed by atoms with Crippen molar-refractivity contribution in [3.63, 3.8) is 0 Å². The van der Waals surface area contributed by atoms with Crippen LogP contribution in [0.25, 0.3) is 0 Å². The summed E-state index contributed by atoms with van der Waals surface area (Å²) in [5, 5.41) is 3.13. The Labute approximate surface area is 76.8 Å². The fourth-order valence-electron chi connectivity index (χ4n) is 1.67. The third kappa shape index (κ3) is 1.17. The lowest BCUT2D eigenvalue weighted by Gasteiger charge is -2.25. The van der Waals surface area contributed by atoms with Gasteiger partial charge in [-0.15, -0.1) is 11.3 Å². The number of thiazole rings is 1. The molecule has 0 aromatic carbocycles. The topological polar surface area (TPSA) is 38.9 Å². The summed E-state index contributed by atoms with van der Waals surface area (Å²) in [6.07, 6.45) is 5.42. The molecule has 66 valence electrons. The first-order valence-electron chi connectivity index (χ1n) is 4.46. The minimum Gasteiger partial charge on any atom is -0.319 e. The van der Waals surface area contributed by atoms with Gasteiger partial charge in [0.05, 0.1) is 5.54 Å². The van der Waals surface area contributed by atoms with Crippen LogP contribution < -0.4 is 5.73 Å². The molecule has 1 atom stereocenters. The fourth-order valence-corrected chi connectivity index (χ4v) is 2.57. The molecule has 1 aromatic heterocycles. The SMILES string of the molecule is CCC(N)(c1nccs1)C1CC1. The monoisotopic (exact) mass is 182 g/mol. The molecule has 0 spiro atoms. The van der Waals surface area contributed by atoms with Crippen LogP contribution in [0.4, 0.5) is 0 Å². The molecule has 0 radical (unpaired) electrons. The number of rotatable bonds is 3. The molecule has 2 rings (SSSR count). The van der Waals surface area contributed by atoms with Gasteiger partial charge in [-0.3, -0.25) is 0 Å². The predicted octanol–water partition coefficient (Wildman–Crippen LogP) is 2.12. The highest BCUT2D eigenvalue weighted by molar-refractivity contribution is 7.09. The summed E-state index contributed by atoms with van der Waals surface area (Å²) in [5.74, 6) is 0.689. The van der Waals surface area contributed by atoms with E-state index in [0.29, 0.717) is 5.92 Å². The summed E-state index contributed by atoms with van der Waals surface area (Å²) in [6.45, 7) is 2.15. The molecule has 2 nitrogen and oxygen atoms in total. The van der Waals surface area contributed by atoms with Gasteiger partial charge in [-0.2, -0.15) is 0 Å². The molecule has 0 bridgehead atoms. The number of hydrogen-bond donors (Lipinski definition) is 1. The minimum absolute atomic E-state index is 0.117. The Kier molecular flexibility index (Phi) is 1.93. The second-order valence-corrected chi connectivity index (χ2v) is 4.40. The Bertz CT molecular complexity index is 254. The van der Waals surface area contributed by atoms with Gasteiger partial charge in [0.2, 0.25) is 0 Å². The molecule has 12 heavy (non-hydrogen) atoms. The third-order valence-electron chi connectivity index (χ3n) is 2.72. The van der Waals surface area contributed by atoms with Crippen LogP contribution in [0.5, 0.6) is 0 Å². The van der Waals surface area contributed by atoms with E-state index in [1.165, 1.54) is 12.8 Å². The highest BCUT2D eigenvalue weighted by Crippen LogP contribution is 2.46. The molecule has 1 aromatic rings. The van der Waals surface area contributed by atoms with Crippen LogP contribution in [0, 0.1) is 5.92 Å². The Morgan fingerprint density at radius 2 is 2.50 bits per heavy atom. The lowest BCUT2D eigenvalue weighted by Crippen LogP contribution is -2.38. The maximum absolute atomic E-state index is 6.32. The van der Waals surface area contributed by atoms with Crippen molar-refractivity contribution < 1.29 is 0 Å². The zero-order valence-corrected chi connectivity index (χ0v) is 8.10. The van der Waals surface area contributed by atoms with Gasteiger partial charge >= 0.3 is 0 Å². The molecule has 1 fully saturated rings. The van der Waals surface area contributed by atoms with Gasteiger partial charge in [-0.1, -0.05) is 6.92 Å². The lowest BCUT2D eigenvalue weighted by molar-refractivity contribution is 0.368. The smallest absolute Gasteiger partial charge is 0.113 e. The van der Waals surface area contributed by atoms with Crippen molar-refractivity contribution in [3.05, 3.63) is 16.6 Å². The first-order chi connectivity index (χ1) is 5.77. The maximum Gasteiger partial charge on any atom is 0.113 e. The van der Waals surface area contributed by atoms with Crippen molar-refractivity contribution in [2.24, 2.45) is 11.7 Å². The number of nitrogens with two attached hydrogens (primary N) is 1. The molecule has 1 saturated carbocycles. The summed E-state index contributed by atoms with van der Waals surface area (Å²) < 4.78 is 0. The molecule has 0 amide bonds.